The second-order valence-electron chi connectivity index (χ2n) is 3.52. The molecule has 2 rings (SSSR count). The summed E-state index contributed by atoms with van der Waals surface area (Å²) in [6, 6.07) is 0. The van der Waals surface area contributed by atoms with Gasteiger partial charge in [0.05, 0.1) is 6.10 Å². The molecule has 62 valence electrons. The number of likely N-dealkylation sites (tertiary alicyclic amines) is 1. The Morgan fingerprint density at radius 2 is 2.00 bits per heavy atom. The minimum Gasteiger partial charge on any atom is -0.389 e. The first kappa shape index (κ1) is 7.10. The Balaban J connectivity index is 1.81. The lowest BCUT2D eigenvalue weighted by Crippen LogP contribution is -2.55. The predicted octanol–water partition coefficient (Wildman–Crippen LogP) is -0.0104. The highest BCUT2D eigenvalue weighted by atomic mass is 16.3. The lowest BCUT2D eigenvalue weighted by molar-refractivity contribution is -0.148. The molecule has 0 aromatic heterocycles. The topological polar surface area (TPSA) is 40.5 Å². The zero-order valence-electron chi connectivity index (χ0n) is 6.49. The molecule has 0 spiro atoms. The monoisotopic (exact) mass is 155 g/mol. The molecule has 0 radical (unpaired) electrons. The summed E-state index contributed by atoms with van der Waals surface area (Å²) < 4.78 is 0. The maximum atomic E-state index is 11.4. The van der Waals surface area contributed by atoms with E-state index in [1.165, 1.54) is 6.42 Å². The molecular formula is C8H13NO2. The van der Waals surface area contributed by atoms with Gasteiger partial charge in [0, 0.05) is 19.0 Å². The highest BCUT2D eigenvalue weighted by molar-refractivity contribution is 5.80. The van der Waals surface area contributed by atoms with Gasteiger partial charge in [-0.25, -0.2) is 0 Å². The molecule has 1 heterocycles. The van der Waals surface area contributed by atoms with Gasteiger partial charge in [-0.05, 0) is 12.8 Å². The van der Waals surface area contributed by atoms with E-state index in [1.807, 2.05) is 0 Å². The van der Waals surface area contributed by atoms with Gasteiger partial charge >= 0.3 is 0 Å². The summed E-state index contributed by atoms with van der Waals surface area (Å²) in [5.41, 5.74) is 0. The fourth-order valence-electron chi connectivity index (χ4n) is 1.55. The molecule has 3 heteroatoms. The number of β-amino-alcohol motifs (C(OH)–C–C–N with tert-alkyl or cyclic N) is 1. The number of hydrogen-bond acceptors (Lipinski definition) is 2. The molecule has 1 aliphatic heterocycles. The maximum absolute atomic E-state index is 11.4. The molecule has 3 nitrogen and oxygen atoms in total. The molecule has 2 aliphatic rings. The normalized spacial score (nSPS) is 26.1. The van der Waals surface area contributed by atoms with Gasteiger partial charge < -0.3 is 10.0 Å². The Morgan fingerprint density at radius 3 is 2.36 bits per heavy atom. The van der Waals surface area contributed by atoms with Gasteiger partial charge in [-0.15, -0.1) is 0 Å². The summed E-state index contributed by atoms with van der Waals surface area (Å²) in [6.07, 6.45) is 3.07. The van der Waals surface area contributed by atoms with Crippen molar-refractivity contribution in [2.45, 2.75) is 25.4 Å². The minimum atomic E-state index is -0.251. The maximum Gasteiger partial charge on any atom is 0.225 e. The number of carbonyl (C=O) groups excluding carboxylic acids is 1. The van der Waals surface area contributed by atoms with E-state index in [4.69, 9.17) is 5.11 Å². The number of amides is 1. The van der Waals surface area contributed by atoms with Crippen LogP contribution in [0.15, 0.2) is 0 Å². The van der Waals surface area contributed by atoms with E-state index in [1.54, 1.807) is 4.90 Å². The number of aliphatic hydroxyl groups is 1. The Morgan fingerprint density at radius 1 is 1.36 bits per heavy atom. The van der Waals surface area contributed by atoms with Crippen LogP contribution in [0.5, 0.6) is 0 Å². The van der Waals surface area contributed by atoms with E-state index in [9.17, 15) is 4.79 Å². The SMILES string of the molecule is O=C(C1CCC1)N1CC(O)C1. The summed E-state index contributed by atoms with van der Waals surface area (Å²) >= 11 is 0. The molecule has 0 aromatic carbocycles. The fourth-order valence-corrected chi connectivity index (χ4v) is 1.55. The second kappa shape index (κ2) is 2.48. The zero-order valence-corrected chi connectivity index (χ0v) is 6.49. The van der Waals surface area contributed by atoms with Crippen LogP contribution < -0.4 is 0 Å². The molecule has 1 saturated heterocycles. The third kappa shape index (κ3) is 1.13. The summed E-state index contributed by atoms with van der Waals surface area (Å²) in [7, 11) is 0. The molecule has 1 aliphatic carbocycles. The first-order valence-corrected chi connectivity index (χ1v) is 4.24. The van der Waals surface area contributed by atoms with Crippen molar-refractivity contribution in [3.8, 4) is 0 Å². The van der Waals surface area contributed by atoms with Crippen LogP contribution >= 0.6 is 0 Å². The van der Waals surface area contributed by atoms with Gasteiger partial charge in [-0.2, -0.15) is 0 Å². The fraction of sp³-hybridized carbons (Fsp3) is 0.875. The van der Waals surface area contributed by atoms with Gasteiger partial charge in [0.1, 0.15) is 0 Å². The van der Waals surface area contributed by atoms with E-state index in [2.05, 4.69) is 0 Å². The first-order valence-electron chi connectivity index (χ1n) is 4.24. The van der Waals surface area contributed by atoms with Crippen LogP contribution in [0.4, 0.5) is 0 Å². The first-order chi connectivity index (χ1) is 5.27. The average molecular weight is 155 g/mol. The lowest BCUT2D eigenvalue weighted by Gasteiger charge is -2.40. The van der Waals surface area contributed by atoms with Crippen molar-refractivity contribution in [3.63, 3.8) is 0 Å². The third-order valence-electron chi connectivity index (χ3n) is 2.63. The zero-order chi connectivity index (χ0) is 7.84. The van der Waals surface area contributed by atoms with Crippen LogP contribution in [0.25, 0.3) is 0 Å². The quantitative estimate of drug-likeness (QED) is 0.578. The smallest absolute Gasteiger partial charge is 0.225 e. The summed E-state index contributed by atoms with van der Waals surface area (Å²) in [5.74, 6) is 0.559. The van der Waals surface area contributed by atoms with Gasteiger partial charge in [-0.1, -0.05) is 6.42 Å². The Hall–Kier alpha value is -0.570. The Bertz CT molecular complexity index is 171. The second-order valence-corrected chi connectivity index (χ2v) is 3.52. The molecule has 11 heavy (non-hydrogen) atoms. The molecule has 0 atom stereocenters. The van der Waals surface area contributed by atoms with Crippen LogP contribution in [-0.2, 0) is 4.79 Å². The third-order valence-corrected chi connectivity index (χ3v) is 2.63. The van der Waals surface area contributed by atoms with Crippen molar-refractivity contribution in [1.82, 2.24) is 4.90 Å². The van der Waals surface area contributed by atoms with Crippen LogP contribution in [0.3, 0.4) is 0 Å². The van der Waals surface area contributed by atoms with E-state index >= 15 is 0 Å². The standard InChI is InChI=1S/C8H13NO2/c10-7-4-9(5-7)8(11)6-2-1-3-6/h6-7,10H,1-5H2. The largest absolute Gasteiger partial charge is 0.389 e. The van der Waals surface area contributed by atoms with Crippen molar-refractivity contribution in [3.05, 3.63) is 0 Å². The van der Waals surface area contributed by atoms with Gasteiger partial charge in [-0.3, -0.25) is 4.79 Å². The predicted molar refractivity (Wildman–Crippen MR) is 39.9 cm³/mol. The van der Waals surface area contributed by atoms with Crippen molar-refractivity contribution >= 4 is 5.91 Å². The molecule has 0 aromatic rings. The van der Waals surface area contributed by atoms with Crippen LogP contribution in [-0.4, -0.2) is 35.1 Å². The van der Waals surface area contributed by atoms with E-state index in [0.717, 1.165) is 12.8 Å². The van der Waals surface area contributed by atoms with E-state index in [0.29, 0.717) is 19.0 Å². The molecule has 1 amide bonds. The molecule has 0 bridgehead atoms. The minimum absolute atomic E-state index is 0.251. The number of nitrogens with zero attached hydrogens (tertiary/aromatic N) is 1. The van der Waals surface area contributed by atoms with Crippen LogP contribution in [0, 0.1) is 5.92 Å². The molecule has 0 unspecified atom stereocenters. The van der Waals surface area contributed by atoms with Crippen molar-refractivity contribution < 1.29 is 9.90 Å². The Kier molecular flexibility index (Phi) is 1.60. The van der Waals surface area contributed by atoms with Crippen LogP contribution in [0.1, 0.15) is 19.3 Å². The lowest BCUT2D eigenvalue weighted by atomic mass is 9.83. The van der Waals surface area contributed by atoms with Gasteiger partial charge in [0.2, 0.25) is 5.91 Å². The number of hydrogen-bond donors (Lipinski definition) is 1. The number of aliphatic hydroxyl groups excluding tert-OH is 1. The van der Waals surface area contributed by atoms with E-state index < -0.39 is 0 Å². The molecule has 2 fully saturated rings. The summed E-state index contributed by atoms with van der Waals surface area (Å²) in [5, 5.41) is 8.95. The van der Waals surface area contributed by atoms with Crippen molar-refractivity contribution in [1.29, 1.82) is 0 Å². The molecule has 1 saturated carbocycles. The van der Waals surface area contributed by atoms with E-state index in [-0.39, 0.29) is 12.0 Å². The molecule has 1 N–H and O–H groups in total. The highest BCUT2D eigenvalue weighted by Crippen LogP contribution is 2.29. The van der Waals surface area contributed by atoms with Crippen molar-refractivity contribution in [2.24, 2.45) is 5.92 Å². The summed E-state index contributed by atoms with van der Waals surface area (Å²) in [6.45, 7) is 1.13. The van der Waals surface area contributed by atoms with Gasteiger partial charge in [0.25, 0.3) is 0 Å². The van der Waals surface area contributed by atoms with Crippen LogP contribution in [0.2, 0.25) is 0 Å². The Labute approximate surface area is 66.0 Å². The number of rotatable bonds is 1. The molecular weight excluding hydrogens is 142 g/mol. The number of carbonyl (C=O) groups is 1. The highest BCUT2D eigenvalue weighted by Gasteiger charge is 2.35. The summed E-state index contributed by atoms with van der Waals surface area (Å²) in [4.78, 5) is 13.1. The van der Waals surface area contributed by atoms with Gasteiger partial charge in [0.15, 0.2) is 0 Å². The average Bonchev–Trinajstić information content (AvgIpc) is 1.76. The van der Waals surface area contributed by atoms with Crippen molar-refractivity contribution in [2.75, 3.05) is 13.1 Å².